The minimum absolute atomic E-state index is 0.0919. The number of rotatable bonds is 6. The van der Waals surface area contributed by atoms with E-state index in [4.69, 9.17) is 4.74 Å². The van der Waals surface area contributed by atoms with E-state index in [-0.39, 0.29) is 24.0 Å². The Morgan fingerprint density at radius 1 is 1.04 bits per heavy atom. The van der Waals surface area contributed by atoms with Crippen molar-refractivity contribution in [1.82, 2.24) is 10.6 Å². The summed E-state index contributed by atoms with van der Waals surface area (Å²) in [7, 11) is 0. The molecule has 4 fully saturated rings. The highest BCUT2D eigenvalue weighted by Gasteiger charge is 2.51. The zero-order chi connectivity index (χ0) is 19.7. The lowest BCUT2D eigenvalue weighted by Gasteiger charge is -2.56. The van der Waals surface area contributed by atoms with Crippen molar-refractivity contribution in [1.29, 1.82) is 0 Å². The Labute approximate surface area is 165 Å². The van der Waals surface area contributed by atoms with Crippen LogP contribution in [0.25, 0.3) is 0 Å². The van der Waals surface area contributed by atoms with Crippen molar-refractivity contribution in [3.63, 3.8) is 0 Å². The molecular weight excluding hydrogens is 356 g/mol. The Kier molecular flexibility index (Phi) is 5.13. The molecule has 6 nitrogen and oxygen atoms in total. The number of amides is 2. The van der Waals surface area contributed by atoms with E-state index in [9.17, 15) is 14.4 Å². The molecule has 2 N–H and O–H groups in total. The highest BCUT2D eigenvalue weighted by atomic mass is 16.5. The zero-order valence-electron chi connectivity index (χ0n) is 16.3. The maximum atomic E-state index is 12.4. The zero-order valence-corrected chi connectivity index (χ0v) is 16.3. The lowest BCUT2D eigenvalue weighted by Crippen LogP contribution is -2.60. The van der Waals surface area contributed by atoms with Gasteiger partial charge >= 0.3 is 5.97 Å². The number of carbonyl (C=O) groups excluding carboxylic acids is 3. The topological polar surface area (TPSA) is 84.5 Å². The van der Waals surface area contributed by atoms with Gasteiger partial charge in [0.15, 0.2) is 6.61 Å². The smallest absolute Gasteiger partial charge is 0.328 e. The molecule has 28 heavy (non-hydrogen) atoms. The van der Waals surface area contributed by atoms with E-state index < -0.39 is 12.0 Å². The van der Waals surface area contributed by atoms with Crippen LogP contribution < -0.4 is 10.6 Å². The minimum atomic E-state index is -0.819. The van der Waals surface area contributed by atoms with Gasteiger partial charge in [0.2, 0.25) is 0 Å². The highest BCUT2D eigenvalue weighted by molar-refractivity contribution is 5.96. The van der Waals surface area contributed by atoms with E-state index in [1.54, 1.807) is 31.2 Å². The third-order valence-electron chi connectivity index (χ3n) is 6.53. The summed E-state index contributed by atoms with van der Waals surface area (Å²) < 4.78 is 5.15. The summed E-state index contributed by atoms with van der Waals surface area (Å²) in [6, 6.07) is 7.86. The summed E-state index contributed by atoms with van der Waals surface area (Å²) in [5, 5.41) is 5.78. The van der Waals surface area contributed by atoms with Crippen molar-refractivity contribution in [3.8, 4) is 0 Å². The molecule has 4 bridgehead atoms. The van der Waals surface area contributed by atoms with E-state index >= 15 is 0 Å². The molecule has 6 heteroatoms. The first-order valence-electron chi connectivity index (χ1n) is 10.3. The number of hydrogen-bond donors (Lipinski definition) is 2. The fourth-order valence-electron chi connectivity index (χ4n) is 5.79. The van der Waals surface area contributed by atoms with Gasteiger partial charge < -0.3 is 15.4 Å². The number of esters is 1. The number of ether oxygens (including phenoxy) is 1. The Bertz CT molecular complexity index is 726. The summed E-state index contributed by atoms with van der Waals surface area (Å²) in [6.07, 6.45) is 7.10. The van der Waals surface area contributed by atoms with Crippen molar-refractivity contribution in [2.45, 2.75) is 57.0 Å². The summed E-state index contributed by atoms with van der Waals surface area (Å²) in [4.78, 5) is 36.7. The van der Waals surface area contributed by atoms with Crippen LogP contribution in [-0.2, 0) is 14.3 Å². The first kappa shape index (κ1) is 19.0. The van der Waals surface area contributed by atoms with Crippen molar-refractivity contribution in [3.05, 3.63) is 35.9 Å². The van der Waals surface area contributed by atoms with E-state index in [1.165, 1.54) is 19.3 Å². The van der Waals surface area contributed by atoms with Crippen molar-refractivity contribution >= 4 is 17.8 Å². The monoisotopic (exact) mass is 384 g/mol. The van der Waals surface area contributed by atoms with Crippen LogP contribution >= 0.6 is 0 Å². The van der Waals surface area contributed by atoms with Crippen LogP contribution in [0.2, 0.25) is 0 Å². The minimum Gasteiger partial charge on any atom is -0.454 e. The van der Waals surface area contributed by atoms with Gasteiger partial charge in [-0.15, -0.1) is 0 Å². The molecule has 0 heterocycles. The van der Waals surface area contributed by atoms with Crippen LogP contribution in [0, 0.1) is 17.8 Å². The Morgan fingerprint density at radius 3 is 2.18 bits per heavy atom. The van der Waals surface area contributed by atoms with Gasteiger partial charge in [-0.05, 0) is 75.3 Å². The second-order valence-electron chi connectivity index (χ2n) is 8.91. The van der Waals surface area contributed by atoms with Gasteiger partial charge in [0, 0.05) is 11.1 Å². The van der Waals surface area contributed by atoms with Crippen molar-refractivity contribution in [2.75, 3.05) is 6.61 Å². The van der Waals surface area contributed by atoms with Crippen LogP contribution in [0.15, 0.2) is 30.3 Å². The summed E-state index contributed by atoms with van der Waals surface area (Å²) in [5.74, 6) is 1.02. The Balaban J connectivity index is 1.24. The highest BCUT2D eigenvalue weighted by Crippen LogP contribution is 2.55. The first-order chi connectivity index (χ1) is 13.4. The van der Waals surface area contributed by atoms with Crippen LogP contribution in [0.4, 0.5) is 0 Å². The lowest BCUT2D eigenvalue weighted by atomic mass is 9.53. The summed E-state index contributed by atoms with van der Waals surface area (Å²) >= 11 is 0. The predicted molar refractivity (Wildman–Crippen MR) is 103 cm³/mol. The molecule has 4 aliphatic rings. The molecule has 5 rings (SSSR count). The molecule has 0 radical (unpaired) electrons. The van der Waals surface area contributed by atoms with E-state index in [0.717, 1.165) is 37.0 Å². The molecule has 0 aliphatic heterocycles. The van der Waals surface area contributed by atoms with Gasteiger partial charge in [0.05, 0.1) is 0 Å². The molecule has 150 valence electrons. The van der Waals surface area contributed by atoms with Gasteiger partial charge in [-0.25, -0.2) is 4.79 Å². The molecule has 0 unspecified atom stereocenters. The van der Waals surface area contributed by atoms with Gasteiger partial charge in [0.25, 0.3) is 11.8 Å². The van der Waals surface area contributed by atoms with Crippen LogP contribution in [0.5, 0.6) is 0 Å². The van der Waals surface area contributed by atoms with Crippen molar-refractivity contribution in [2.24, 2.45) is 17.8 Å². The third kappa shape index (κ3) is 4.05. The van der Waals surface area contributed by atoms with Crippen molar-refractivity contribution < 1.29 is 19.1 Å². The first-order valence-corrected chi connectivity index (χ1v) is 10.3. The Morgan fingerprint density at radius 2 is 1.61 bits per heavy atom. The molecule has 4 saturated carbocycles. The van der Waals surface area contributed by atoms with Gasteiger partial charge in [-0.3, -0.25) is 9.59 Å². The van der Waals surface area contributed by atoms with E-state index in [1.807, 2.05) is 6.07 Å². The number of nitrogens with one attached hydrogen (secondary N) is 2. The fraction of sp³-hybridized carbons (Fsp3) is 0.591. The standard InChI is InChI=1S/C22H28N2O4/c1-14(23-20(26)18-5-3-2-4-6-18)21(27)28-13-19(25)24-22-10-15-7-16(11-22)9-17(8-15)12-22/h2-6,14-17H,7-13H2,1H3,(H,23,26)(H,24,25)/t14-,15?,16?,17?,22?/m0/s1. The third-order valence-corrected chi connectivity index (χ3v) is 6.53. The van der Waals surface area contributed by atoms with E-state index in [0.29, 0.717) is 5.56 Å². The normalized spacial score (nSPS) is 31.1. The maximum Gasteiger partial charge on any atom is 0.328 e. The van der Waals surface area contributed by atoms with Gasteiger partial charge in [-0.1, -0.05) is 18.2 Å². The molecular formula is C22H28N2O4. The fourth-order valence-corrected chi connectivity index (χ4v) is 5.79. The van der Waals surface area contributed by atoms with Gasteiger partial charge in [-0.2, -0.15) is 0 Å². The second kappa shape index (κ2) is 7.57. The van der Waals surface area contributed by atoms with Gasteiger partial charge in [0.1, 0.15) is 6.04 Å². The second-order valence-corrected chi connectivity index (χ2v) is 8.91. The molecule has 0 spiro atoms. The quantitative estimate of drug-likeness (QED) is 0.738. The molecule has 1 aromatic carbocycles. The molecule has 0 saturated heterocycles. The predicted octanol–water partition coefficient (Wildman–Crippen LogP) is 2.43. The number of carbonyl (C=O) groups is 3. The number of hydrogen-bond acceptors (Lipinski definition) is 4. The van der Waals surface area contributed by atoms with Crippen LogP contribution in [0.1, 0.15) is 55.8 Å². The lowest BCUT2D eigenvalue weighted by molar-refractivity contribution is -0.151. The average molecular weight is 384 g/mol. The molecule has 2 amide bonds. The summed E-state index contributed by atoms with van der Waals surface area (Å²) in [6.45, 7) is 1.26. The summed E-state index contributed by atoms with van der Waals surface area (Å²) in [5.41, 5.74) is 0.382. The molecule has 4 aliphatic carbocycles. The maximum absolute atomic E-state index is 12.4. The SMILES string of the molecule is C[C@H](NC(=O)c1ccccc1)C(=O)OCC(=O)NC12CC3CC(CC(C3)C1)C2. The van der Waals surface area contributed by atoms with Crippen LogP contribution in [-0.4, -0.2) is 36.0 Å². The Hall–Kier alpha value is -2.37. The van der Waals surface area contributed by atoms with E-state index in [2.05, 4.69) is 10.6 Å². The average Bonchev–Trinajstić information content (AvgIpc) is 2.65. The largest absolute Gasteiger partial charge is 0.454 e. The number of benzene rings is 1. The molecule has 1 atom stereocenters. The molecule has 1 aromatic rings. The molecule has 0 aromatic heterocycles. The van der Waals surface area contributed by atoms with Crippen LogP contribution in [0.3, 0.4) is 0 Å².